The molecule has 142 valence electrons. The van der Waals surface area contributed by atoms with Gasteiger partial charge in [0.05, 0.1) is 0 Å². The molecule has 0 bridgehead atoms. The largest absolute Gasteiger partial charge is 0.439 e. The number of hydrogen-bond donors (Lipinski definition) is 1. The zero-order chi connectivity index (χ0) is 19.1. The second-order valence-corrected chi connectivity index (χ2v) is 7.24. The van der Waals surface area contributed by atoms with Gasteiger partial charge in [-0.05, 0) is 62.3 Å². The monoisotopic (exact) mass is 364 g/mol. The van der Waals surface area contributed by atoms with Gasteiger partial charge in [-0.2, -0.15) is 0 Å². The highest BCUT2D eigenvalue weighted by molar-refractivity contribution is 5.76. The molecule has 0 unspecified atom stereocenters. The van der Waals surface area contributed by atoms with Crippen LogP contribution in [0.1, 0.15) is 56.6 Å². The number of aromatic nitrogens is 1. The summed E-state index contributed by atoms with van der Waals surface area (Å²) >= 11 is 0. The molecule has 1 N–H and O–H groups in total. The van der Waals surface area contributed by atoms with Gasteiger partial charge in [-0.15, -0.1) is 0 Å². The fourth-order valence-corrected chi connectivity index (χ4v) is 3.34. The highest BCUT2D eigenvalue weighted by atomic mass is 16.5. The number of carbonyl (C=O) groups excluding carboxylic acids is 1. The van der Waals surface area contributed by atoms with Gasteiger partial charge in [-0.3, -0.25) is 4.79 Å². The number of amides is 1. The Morgan fingerprint density at radius 2 is 2.07 bits per heavy atom. The van der Waals surface area contributed by atoms with Gasteiger partial charge in [-0.25, -0.2) is 4.98 Å². The summed E-state index contributed by atoms with van der Waals surface area (Å²) in [7, 11) is 0. The van der Waals surface area contributed by atoms with Crippen LogP contribution in [-0.2, 0) is 4.79 Å². The summed E-state index contributed by atoms with van der Waals surface area (Å²) in [5.74, 6) is 1.58. The minimum atomic E-state index is 0.185. The van der Waals surface area contributed by atoms with Crippen molar-refractivity contribution in [2.45, 2.75) is 58.4 Å². The van der Waals surface area contributed by atoms with Crippen LogP contribution in [0.2, 0.25) is 0 Å². The lowest BCUT2D eigenvalue weighted by molar-refractivity contribution is -0.121. The Balaban J connectivity index is 1.58. The third-order valence-electron chi connectivity index (χ3n) is 4.81. The van der Waals surface area contributed by atoms with Gasteiger partial charge in [0.2, 0.25) is 11.8 Å². The molecule has 1 amide bonds. The van der Waals surface area contributed by atoms with Gasteiger partial charge in [-0.1, -0.05) is 36.8 Å². The summed E-state index contributed by atoms with van der Waals surface area (Å²) in [5.41, 5.74) is 3.69. The Morgan fingerprint density at radius 3 is 2.78 bits per heavy atom. The standard InChI is InChI=1S/C23H28N2O2/c1-3-5-22(26)25-20-11-9-18(10-12-20)14-19-6-4-7-21(15-19)27-23-13-8-17(2)16-24-23/h4,6-8,13-16,20H,3,5,9-12H2,1-2H3,(H,25,26). The van der Waals surface area contributed by atoms with E-state index < -0.39 is 0 Å². The Hall–Kier alpha value is -2.62. The van der Waals surface area contributed by atoms with Crippen molar-refractivity contribution in [2.24, 2.45) is 0 Å². The molecule has 0 atom stereocenters. The highest BCUT2D eigenvalue weighted by Gasteiger charge is 2.18. The molecular formula is C23H28N2O2. The number of aryl methyl sites for hydroxylation is 1. The van der Waals surface area contributed by atoms with Crippen LogP contribution in [0.25, 0.3) is 6.08 Å². The van der Waals surface area contributed by atoms with Gasteiger partial charge in [0.1, 0.15) is 5.75 Å². The molecule has 3 rings (SSSR count). The highest BCUT2D eigenvalue weighted by Crippen LogP contribution is 2.27. The van der Waals surface area contributed by atoms with E-state index in [9.17, 15) is 4.79 Å². The number of ether oxygens (including phenoxy) is 1. The van der Waals surface area contributed by atoms with E-state index >= 15 is 0 Å². The van der Waals surface area contributed by atoms with E-state index in [2.05, 4.69) is 22.4 Å². The molecule has 0 saturated heterocycles. The van der Waals surface area contributed by atoms with Crippen molar-refractivity contribution in [3.63, 3.8) is 0 Å². The predicted molar refractivity (Wildman–Crippen MR) is 109 cm³/mol. The predicted octanol–water partition coefficient (Wildman–Crippen LogP) is 5.42. The smallest absolute Gasteiger partial charge is 0.220 e. The molecular weight excluding hydrogens is 336 g/mol. The van der Waals surface area contributed by atoms with Gasteiger partial charge < -0.3 is 10.1 Å². The topological polar surface area (TPSA) is 51.2 Å². The zero-order valence-corrected chi connectivity index (χ0v) is 16.2. The maximum absolute atomic E-state index is 11.7. The number of nitrogens with zero attached hydrogens (tertiary/aromatic N) is 1. The first-order chi connectivity index (χ1) is 13.1. The molecule has 1 aromatic heterocycles. The van der Waals surface area contributed by atoms with Crippen molar-refractivity contribution in [3.05, 3.63) is 59.3 Å². The number of rotatable bonds is 6. The van der Waals surface area contributed by atoms with Crippen LogP contribution in [-0.4, -0.2) is 16.9 Å². The van der Waals surface area contributed by atoms with Gasteiger partial charge in [0.25, 0.3) is 0 Å². The molecule has 0 radical (unpaired) electrons. The Labute approximate surface area is 161 Å². The number of hydrogen-bond acceptors (Lipinski definition) is 3. The number of carbonyl (C=O) groups is 1. The van der Waals surface area contributed by atoms with Gasteiger partial charge in [0, 0.05) is 24.7 Å². The van der Waals surface area contributed by atoms with Crippen LogP contribution >= 0.6 is 0 Å². The first-order valence-electron chi connectivity index (χ1n) is 9.82. The van der Waals surface area contributed by atoms with Gasteiger partial charge in [0.15, 0.2) is 0 Å². The van der Waals surface area contributed by atoms with Crippen molar-refractivity contribution >= 4 is 12.0 Å². The molecule has 1 aromatic carbocycles. The second kappa shape index (κ2) is 9.36. The number of pyridine rings is 1. The summed E-state index contributed by atoms with van der Waals surface area (Å²) in [5, 5.41) is 3.15. The summed E-state index contributed by atoms with van der Waals surface area (Å²) in [6, 6.07) is 12.3. The minimum Gasteiger partial charge on any atom is -0.439 e. The Bertz CT molecular complexity index is 786. The van der Waals surface area contributed by atoms with Crippen molar-refractivity contribution in [3.8, 4) is 11.6 Å². The third kappa shape index (κ3) is 5.95. The zero-order valence-electron chi connectivity index (χ0n) is 16.2. The fourth-order valence-electron chi connectivity index (χ4n) is 3.34. The number of allylic oxidation sites excluding steroid dienone is 1. The number of benzene rings is 1. The lowest BCUT2D eigenvalue weighted by atomic mass is 9.89. The van der Waals surface area contributed by atoms with E-state index in [0.29, 0.717) is 18.3 Å². The lowest BCUT2D eigenvalue weighted by Crippen LogP contribution is -2.36. The maximum Gasteiger partial charge on any atom is 0.220 e. The quantitative estimate of drug-likeness (QED) is 0.744. The molecule has 1 aliphatic carbocycles. The summed E-state index contributed by atoms with van der Waals surface area (Å²) in [6.07, 6.45) is 9.68. The van der Waals surface area contributed by atoms with Crippen LogP contribution in [0, 0.1) is 6.92 Å². The molecule has 0 spiro atoms. The number of nitrogens with one attached hydrogen (secondary N) is 1. The van der Waals surface area contributed by atoms with Crippen molar-refractivity contribution in [2.75, 3.05) is 0 Å². The maximum atomic E-state index is 11.7. The average Bonchev–Trinajstić information content (AvgIpc) is 2.66. The summed E-state index contributed by atoms with van der Waals surface area (Å²) in [6.45, 7) is 4.04. The minimum absolute atomic E-state index is 0.185. The molecule has 4 nitrogen and oxygen atoms in total. The van der Waals surface area contributed by atoms with Crippen LogP contribution in [0.5, 0.6) is 11.6 Å². The summed E-state index contributed by atoms with van der Waals surface area (Å²) in [4.78, 5) is 16.0. The van der Waals surface area contributed by atoms with Crippen molar-refractivity contribution in [1.82, 2.24) is 10.3 Å². The molecule has 1 saturated carbocycles. The third-order valence-corrected chi connectivity index (χ3v) is 4.81. The van der Waals surface area contributed by atoms with Gasteiger partial charge >= 0.3 is 0 Å². The van der Waals surface area contributed by atoms with Crippen LogP contribution < -0.4 is 10.1 Å². The van der Waals surface area contributed by atoms with E-state index in [1.807, 2.05) is 44.2 Å². The van der Waals surface area contributed by atoms with E-state index in [1.54, 1.807) is 6.20 Å². The molecule has 1 fully saturated rings. The SMILES string of the molecule is CCCC(=O)NC1CCC(=Cc2cccc(Oc3ccc(C)cn3)c2)CC1. The van der Waals surface area contributed by atoms with E-state index in [4.69, 9.17) is 4.74 Å². The first-order valence-corrected chi connectivity index (χ1v) is 9.82. The Kier molecular flexibility index (Phi) is 6.64. The van der Waals surface area contributed by atoms with Crippen LogP contribution in [0.3, 0.4) is 0 Å². The van der Waals surface area contributed by atoms with Crippen LogP contribution in [0.15, 0.2) is 48.2 Å². The van der Waals surface area contributed by atoms with Crippen LogP contribution in [0.4, 0.5) is 0 Å². The van der Waals surface area contributed by atoms with E-state index in [0.717, 1.165) is 49.0 Å². The van der Waals surface area contributed by atoms with Crippen molar-refractivity contribution in [1.29, 1.82) is 0 Å². The fraction of sp³-hybridized carbons (Fsp3) is 0.391. The molecule has 4 heteroatoms. The molecule has 1 aliphatic rings. The average molecular weight is 364 g/mol. The first kappa shape index (κ1) is 19.2. The van der Waals surface area contributed by atoms with E-state index in [-0.39, 0.29) is 5.91 Å². The second-order valence-electron chi connectivity index (χ2n) is 7.24. The lowest BCUT2D eigenvalue weighted by Gasteiger charge is -2.25. The molecule has 0 aliphatic heterocycles. The Morgan fingerprint density at radius 1 is 1.26 bits per heavy atom. The van der Waals surface area contributed by atoms with Crippen molar-refractivity contribution < 1.29 is 9.53 Å². The molecule has 27 heavy (non-hydrogen) atoms. The molecule has 2 aromatic rings. The summed E-state index contributed by atoms with van der Waals surface area (Å²) < 4.78 is 5.86. The van der Waals surface area contributed by atoms with E-state index in [1.165, 1.54) is 5.57 Å². The normalized spacial score (nSPS) is 16.7. The molecule has 1 heterocycles.